The van der Waals surface area contributed by atoms with E-state index in [-0.39, 0.29) is 42.5 Å². The molecule has 2 aromatic carbocycles. The molecule has 2 fully saturated rings. The lowest BCUT2D eigenvalue weighted by Gasteiger charge is -2.33. The van der Waals surface area contributed by atoms with Gasteiger partial charge in [0.15, 0.2) is 0 Å². The molecule has 0 aliphatic carbocycles. The molecule has 0 saturated carbocycles. The minimum atomic E-state index is -0.547. The fourth-order valence-electron chi connectivity index (χ4n) is 5.83. The Bertz CT molecular complexity index is 947. The molecule has 4 rings (SSSR count). The van der Waals surface area contributed by atoms with Crippen molar-refractivity contribution in [2.75, 3.05) is 13.2 Å². The molecule has 0 unspecified atom stereocenters. The minimum Gasteiger partial charge on any atom is -0.396 e. The van der Waals surface area contributed by atoms with Gasteiger partial charge in [0.1, 0.15) is 0 Å². The van der Waals surface area contributed by atoms with Crippen molar-refractivity contribution in [2.24, 2.45) is 11.7 Å². The molecule has 7 nitrogen and oxygen atoms in total. The van der Waals surface area contributed by atoms with E-state index in [0.29, 0.717) is 25.4 Å². The van der Waals surface area contributed by atoms with Crippen molar-refractivity contribution >= 4 is 11.8 Å². The Morgan fingerprint density at radius 2 is 1.61 bits per heavy atom. The molecule has 0 aromatic heterocycles. The van der Waals surface area contributed by atoms with Crippen LogP contribution in [-0.2, 0) is 9.59 Å². The van der Waals surface area contributed by atoms with Crippen molar-refractivity contribution < 1.29 is 14.7 Å². The van der Waals surface area contributed by atoms with Crippen LogP contribution in [-0.4, -0.2) is 59.1 Å². The first kappa shape index (κ1) is 26.3. The van der Waals surface area contributed by atoms with Crippen LogP contribution < -0.4 is 16.4 Å². The van der Waals surface area contributed by atoms with Gasteiger partial charge in [-0.3, -0.25) is 14.5 Å². The Kier molecular flexibility index (Phi) is 9.13. The van der Waals surface area contributed by atoms with Crippen LogP contribution in [0.1, 0.15) is 62.6 Å². The van der Waals surface area contributed by atoms with E-state index in [4.69, 9.17) is 5.73 Å². The summed E-state index contributed by atoms with van der Waals surface area (Å²) >= 11 is 0. The van der Waals surface area contributed by atoms with Gasteiger partial charge < -0.3 is 21.5 Å². The fourth-order valence-corrected chi connectivity index (χ4v) is 5.83. The van der Waals surface area contributed by atoms with Crippen LogP contribution in [0.3, 0.4) is 0 Å². The van der Waals surface area contributed by atoms with Crippen molar-refractivity contribution in [3.05, 3.63) is 71.8 Å². The quantitative estimate of drug-likeness (QED) is 0.431. The summed E-state index contributed by atoms with van der Waals surface area (Å²) in [4.78, 5) is 28.7. The predicted octanol–water partition coefficient (Wildman–Crippen LogP) is 2.74. The van der Waals surface area contributed by atoms with Gasteiger partial charge >= 0.3 is 0 Å². The SMILES string of the molecule is CC[C@H](N)C(=O)N[C@@H]1CN2[C@@H](CC[C@@H]1CCO)CC[C@H]2C(=O)NC(c1ccccc1)c1ccccc1. The maximum Gasteiger partial charge on any atom is 0.238 e. The highest BCUT2D eigenvalue weighted by atomic mass is 16.3. The summed E-state index contributed by atoms with van der Waals surface area (Å²) in [5.74, 6) is 0.0298. The third-order valence-electron chi connectivity index (χ3n) is 7.95. The standard InChI is InChI=1S/C29H40N4O3/c1-2-24(30)28(35)31-25-19-33-23(14-13-20(25)17-18-34)15-16-26(33)29(36)32-27(21-9-5-3-6-10-21)22-11-7-4-8-12-22/h3-12,20,23-27,34H,2,13-19,30H2,1H3,(H,31,35)(H,32,36)/t20-,23+,24+,25-,26+/m1/s1. The van der Waals surface area contributed by atoms with Crippen molar-refractivity contribution in [3.63, 3.8) is 0 Å². The Labute approximate surface area is 214 Å². The molecule has 2 heterocycles. The number of nitrogens with zero attached hydrogens (tertiary/aromatic N) is 1. The van der Waals surface area contributed by atoms with Gasteiger partial charge in [0.2, 0.25) is 11.8 Å². The van der Waals surface area contributed by atoms with E-state index in [2.05, 4.69) is 15.5 Å². The molecule has 36 heavy (non-hydrogen) atoms. The monoisotopic (exact) mass is 492 g/mol. The molecular formula is C29H40N4O3. The molecule has 194 valence electrons. The number of nitrogens with two attached hydrogens (primary N) is 1. The second-order valence-corrected chi connectivity index (χ2v) is 10.2. The topological polar surface area (TPSA) is 108 Å². The average molecular weight is 493 g/mol. The zero-order valence-corrected chi connectivity index (χ0v) is 21.2. The summed E-state index contributed by atoms with van der Waals surface area (Å²) in [6.07, 6.45) is 4.84. The molecule has 0 spiro atoms. The Hall–Kier alpha value is -2.74. The molecule has 2 amide bonds. The molecule has 7 heteroatoms. The van der Waals surface area contributed by atoms with Crippen LogP contribution in [0.2, 0.25) is 0 Å². The number of amides is 2. The van der Waals surface area contributed by atoms with E-state index >= 15 is 0 Å². The highest BCUT2D eigenvalue weighted by molar-refractivity contribution is 5.83. The third kappa shape index (κ3) is 6.14. The van der Waals surface area contributed by atoms with E-state index in [9.17, 15) is 14.7 Å². The number of carbonyl (C=O) groups excluding carboxylic acids is 2. The second-order valence-electron chi connectivity index (χ2n) is 10.2. The van der Waals surface area contributed by atoms with E-state index in [0.717, 1.165) is 36.8 Å². The summed E-state index contributed by atoms with van der Waals surface area (Å²) in [5.41, 5.74) is 8.09. The zero-order chi connectivity index (χ0) is 25.5. The number of nitrogens with one attached hydrogen (secondary N) is 2. The van der Waals surface area contributed by atoms with Crippen LogP contribution in [0.5, 0.6) is 0 Å². The lowest BCUT2D eigenvalue weighted by molar-refractivity contribution is -0.126. The number of benzene rings is 2. The molecule has 2 aliphatic heterocycles. The van der Waals surface area contributed by atoms with Crippen molar-refractivity contribution in [2.45, 2.75) is 75.7 Å². The predicted molar refractivity (Wildman–Crippen MR) is 141 cm³/mol. The summed E-state index contributed by atoms with van der Waals surface area (Å²) in [5, 5.41) is 16.2. The van der Waals surface area contributed by atoms with Crippen LogP contribution >= 0.6 is 0 Å². The van der Waals surface area contributed by atoms with E-state index in [1.54, 1.807) is 0 Å². The molecule has 2 saturated heterocycles. The number of carbonyl (C=O) groups is 2. The van der Waals surface area contributed by atoms with Gasteiger partial charge in [0.05, 0.1) is 18.1 Å². The Balaban J connectivity index is 1.53. The van der Waals surface area contributed by atoms with Crippen LogP contribution in [0.15, 0.2) is 60.7 Å². The minimum absolute atomic E-state index is 0.0196. The highest BCUT2D eigenvalue weighted by Gasteiger charge is 2.43. The fraction of sp³-hybridized carbons (Fsp3) is 0.517. The smallest absolute Gasteiger partial charge is 0.238 e. The number of hydrogen-bond donors (Lipinski definition) is 4. The van der Waals surface area contributed by atoms with Gasteiger partial charge in [-0.1, -0.05) is 67.6 Å². The van der Waals surface area contributed by atoms with Crippen LogP contribution in [0.25, 0.3) is 0 Å². The van der Waals surface area contributed by atoms with Crippen LogP contribution in [0, 0.1) is 5.92 Å². The van der Waals surface area contributed by atoms with Crippen molar-refractivity contribution in [3.8, 4) is 0 Å². The Morgan fingerprint density at radius 3 is 2.19 bits per heavy atom. The van der Waals surface area contributed by atoms with E-state index < -0.39 is 6.04 Å². The first-order valence-corrected chi connectivity index (χ1v) is 13.3. The zero-order valence-electron chi connectivity index (χ0n) is 21.2. The summed E-state index contributed by atoms with van der Waals surface area (Å²) in [6, 6.07) is 19.2. The van der Waals surface area contributed by atoms with E-state index in [1.165, 1.54) is 0 Å². The lowest BCUT2D eigenvalue weighted by Crippen LogP contribution is -2.54. The van der Waals surface area contributed by atoms with Gasteiger partial charge in [-0.25, -0.2) is 0 Å². The molecule has 2 aromatic rings. The third-order valence-corrected chi connectivity index (χ3v) is 7.95. The first-order chi connectivity index (χ1) is 17.5. The van der Waals surface area contributed by atoms with Gasteiger partial charge in [0.25, 0.3) is 0 Å². The number of aliphatic hydroxyl groups excluding tert-OH is 1. The molecular weight excluding hydrogens is 452 g/mol. The Morgan fingerprint density at radius 1 is 1.00 bits per heavy atom. The number of rotatable bonds is 9. The van der Waals surface area contributed by atoms with E-state index in [1.807, 2.05) is 67.6 Å². The summed E-state index contributed by atoms with van der Waals surface area (Å²) in [7, 11) is 0. The number of fused-ring (bicyclic) bond motifs is 1. The molecule has 2 aliphatic rings. The molecule has 0 bridgehead atoms. The number of aliphatic hydroxyl groups is 1. The van der Waals surface area contributed by atoms with Gasteiger partial charge in [-0.05, 0) is 55.6 Å². The van der Waals surface area contributed by atoms with Gasteiger partial charge in [0, 0.05) is 25.2 Å². The first-order valence-electron chi connectivity index (χ1n) is 13.3. The van der Waals surface area contributed by atoms with Gasteiger partial charge in [-0.15, -0.1) is 0 Å². The van der Waals surface area contributed by atoms with Gasteiger partial charge in [-0.2, -0.15) is 0 Å². The van der Waals surface area contributed by atoms with Crippen LogP contribution in [0.4, 0.5) is 0 Å². The highest BCUT2D eigenvalue weighted by Crippen LogP contribution is 2.35. The normalized spacial score (nSPS) is 25.1. The summed E-state index contributed by atoms with van der Waals surface area (Å²) < 4.78 is 0. The van der Waals surface area contributed by atoms with Crippen molar-refractivity contribution in [1.82, 2.24) is 15.5 Å². The second kappa shape index (κ2) is 12.5. The lowest BCUT2D eigenvalue weighted by atomic mass is 9.90. The molecule has 5 N–H and O–H groups in total. The largest absolute Gasteiger partial charge is 0.396 e. The maximum atomic E-state index is 13.8. The average Bonchev–Trinajstić information content (AvgIpc) is 3.24. The van der Waals surface area contributed by atoms with Crippen molar-refractivity contribution in [1.29, 1.82) is 0 Å². The molecule has 0 radical (unpaired) electrons. The maximum absolute atomic E-state index is 13.8. The number of hydrogen-bond acceptors (Lipinski definition) is 5. The summed E-state index contributed by atoms with van der Waals surface area (Å²) in [6.45, 7) is 2.58. The molecule has 5 atom stereocenters.